The number of hydrogen-bond acceptors (Lipinski definition) is 8. The van der Waals surface area contributed by atoms with E-state index in [4.69, 9.17) is 27.9 Å². The molecule has 0 spiro atoms. The Bertz CT molecular complexity index is 272. The van der Waals surface area contributed by atoms with Crippen LogP contribution in [-0.2, 0) is 26.6 Å². The molecule has 0 aromatic carbocycles. The van der Waals surface area contributed by atoms with Crippen molar-refractivity contribution in [2.45, 2.75) is 18.4 Å². The molecule has 8 nitrogen and oxygen atoms in total. The first-order valence-corrected chi connectivity index (χ1v) is 8.73. The standard InChI is InChI=1S/C8H20N2O6Si2/c1-12-18(13-2,14-3)6-4-5-10-8(7-9)15-17(11)16-8/h10H,4-7,9H2,1-3H3. The molecule has 0 atom stereocenters. The molecule has 1 aliphatic rings. The van der Waals surface area contributed by atoms with Crippen molar-refractivity contribution in [2.75, 3.05) is 34.4 Å². The summed E-state index contributed by atoms with van der Waals surface area (Å²) in [5.41, 5.74) is 5.48. The van der Waals surface area contributed by atoms with Crippen LogP contribution in [0.2, 0.25) is 6.04 Å². The highest BCUT2D eigenvalue weighted by Gasteiger charge is 2.49. The zero-order valence-corrected chi connectivity index (χ0v) is 12.9. The number of rotatable bonds is 9. The molecule has 0 amide bonds. The third-order valence-electron chi connectivity index (χ3n) is 2.75. The molecule has 0 radical (unpaired) electrons. The average molecular weight is 296 g/mol. The van der Waals surface area contributed by atoms with E-state index in [9.17, 15) is 4.46 Å². The monoisotopic (exact) mass is 296 g/mol. The first-order valence-electron chi connectivity index (χ1n) is 5.58. The fourth-order valence-electron chi connectivity index (χ4n) is 1.64. The van der Waals surface area contributed by atoms with E-state index >= 15 is 0 Å². The molecule has 0 aromatic heterocycles. The van der Waals surface area contributed by atoms with Gasteiger partial charge in [-0.15, -0.1) is 0 Å². The molecule has 0 aliphatic carbocycles. The minimum Gasteiger partial charge on any atom is -0.444 e. The third-order valence-corrected chi connectivity index (χ3v) is 6.58. The lowest BCUT2D eigenvalue weighted by molar-refractivity contribution is -0.237. The molecular weight excluding hydrogens is 276 g/mol. The molecule has 1 rings (SSSR count). The van der Waals surface area contributed by atoms with Crippen molar-refractivity contribution >= 4 is 18.0 Å². The van der Waals surface area contributed by atoms with Gasteiger partial charge in [0.1, 0.15) is 0 Å². The van der Waals surface area contributed by atoms with Gasteiger partial charge in [0.05, 0.1) is 6.54 Å². The van der Waals surface area contributed by atoms with Crippen LogP contribution in [0.1, 0.15) is 6.42 Å². The Balaban J connectivity index is 2.27. The van der Waals surface area contributed by atoms with Crippen LogP contribution in [0.3, 0.4) is 0 Å². The Morgan fingerprint density at radius 3 is 2.22 bits per heavy atom. The maximum Gasteiger partial charge on any atom is 0.775 e. The molecule has 3 N–H and O–H groups in total. The zero-order valence-electron chi connectivity index (χ0n) is 10.9. The first-order chi connectivity index (χ1) is 8.55. The van der Waals surface area contributed by atoms with Crippen LogP contribution in [0, 0.1) is 0 Å². The van der Waals surface area contributed by atoms with Crippen molar-refractivity contribution < 1.29 is 26.6 Å². The van der Waals surface area contributed by atoms with Crippen LogP contribution < -0.4 is 11.1 Å². The van der Waals surface area contributed by atoms with Gasteiger partial charge in [-0.2, -0.15) is 0 Å². The van der Waals surface area contributed by atoms with Gasteiger partial charge in [0.2, 0.25) is 0 Å². The van der Waals surface area contributed by atoms with Crippen molar-refractivity contribution in [3.05, 3.63) is 0 Å². The number of nitrogens with one attached hydrogen (secondary N) is 1. The summed E-state index contributed by atoms with van der Waals surface area (Å²) in [6.45, 7) is 0.669. The van der Waals surface area contributed by atoms with Gasteiger partial charge in [-0.3, -0.25) is 4.46 Å². The summed E-state index contributed by atoms with van der Waals surface area (Å²) >= 11 is 0. The third kappa shape index (κ3) is 3.57. The van der Waals surface area contributed by atoms with Gasteiger partial charge in [0.15, 0.2) is 0 Å². The van der Waals surface area contributed by atoms with Crippen LogP contribution in [0.15, 0.2) is 0 Å². The summed E-state index contributed by atoms with van der Waals surface area (Å²) < 4.78 is 36.6. The molecule has 0 saturated carbocycles. The molecule has 0 aromatic rings. The summed E-state index contributed by atoms with van der Waals surface area (Å²) in [4.78, 5) is 0. The highest BCUT2D eigenvalue weighted by molar-refractivity contribution is 6.60. The van der Waals surface area contributed by atoms with E-state index in [-0.39, 0.29) is 6.54 Å². The summed E-state index contributed by atoms with van der Waals surface area (Å²) in [7, 11) is -0.182. The molecule has 106 valence electrons. The van der Waals surface area contributed by atoms with Crippen molar-refractivity contribution in [1.29, 1.82) is 0 Å². The van der Waals surface area contributed by atoms with Gasteiger partial charge in [0.25, 0.3) is 0 Å². The van der Waals surface area contributed by atoms with E-state index in [1.54, 1.807) is 21.3 Å². The normalized spacial score (nSPS) is 17.9. The van der Waals surface area contributed by atoms with Crippen molar-refractivity contribution in [3.63, 3.8) is 0 Å². The maximum absolute atomic E-state index is 10.8. The second kappa shape index (κ2) is 6.70. The van der Waals surface area contributed by atoms with E-state index in [0.717, 1.165) is 6.42 Å². The highest BCUT2D eigenvalue weighted by Crippen LogP contribution is 2.19. The van der Waals surface area contributed by atoms with Crippen molar-refractivity contribution in [2.24, 2.45) is 5.73 Å². The Kier molecular flexibility index (Phi) is 5.84. The SMILES string of the molecule is CO[Si](CCCNC1(CN)O[Si](=O)O1)(OC)OC. The lowest BCUT2D eigenvalue weighted by atomic mass is 10.4. The van der Waals surface area contributed by atoms with Crippen LogP contribution in [0.25, 0.3) is 0 Å². The molecule has 1 aliphatic heterocycles. The lowest BCUT2D eigenvalue weighted by Gasteiger charge is -2.39. The molecule has 1 heterocycles. The van der Waals surface area contributed by atoms with Crippen LogP contribution in [-0.4, -0.2) is 58.3 Å². The topological polar surface area (TPSA) is 101 Å². The average Bonchev–Trinajstić information content (AvgIpc) is 2.37. The van der Waals surface area contributed by atoms with Crippen LogP contribution in [0.5, 0.6) is 0 Å². The van der Waals surface area contributed by atoms with E-state index in [0.29, 0.717) is 12.6 Å². The molecule has 10 heteroatoms. The minimum atomic E-state index is -2.54. The molecular formula is C8H20N2O6Si2. The largest absolute Gasteiger partial charge is 0.775 e. The van der Waals surface area contributed by atoms with Gasteiger partial charge in [-0.25, -0.2) is 5.32 Å². The Morgan fingerprint density at radius 1 is 1.28 bits per heavy atom. The second-order valence-corrected chi connectivity index (χ2v) is 7.74. The van der Waals surface area contributed by atoms with Gasteiger partial charge in [-0.1, -0.05) is 0 Å². The Labute approximate surface area is 109 Å². The predicted molar refractivity (Wildman–Crippen MR) is 64.6 cm³/mol. The quantitative estimate of drug-likeness (QED) is 0.409. The maximum atomic E-state index is 10.8. The molecule has 0 unspecified atom stereocenters. The Hall–Kier alpha value is -0.366. The van der Waals surface area contributed by atoms with E-state index in [2.05, 4.69) is 5.32 Å². The van der Waals surface area contributed by atoms with Crippen molar-refractivity contribution in [3.8, 4) is 0 Å². The lowest BCUT2D eigenvalue weighted by Crippen LogP contribution is -2.66. The zero-order chi connectivity index (χ0) is 13.6. The highest BCUT2D eigenvalue weighted by atomic mass is 28.4. The van der Waals surface area contributed by atoms with Gasteiger partial charge in [-0.05, 0) is 6.42 Å². The second-order valence-electron chi connectivity index (χ2n) is 3.74. The van der Waals surface area contributed by atoms with Crippen LogP contribution in [0.4, 0.5) is 0 Å². The minimum absolute atomic E-state index is 0.102. The summed E-state index contributed by atoms with van der Waals surface area (Å²) in [5.74, 6) is -1.09. The molecule has 0 bridgehead atoms. The van der Waals surface area contributed by atoms with E-state index < -0.39 is 23.9 Å². The predicted octanol–water partition coefficient (Wildman–Crippen LogP) is -1.08. The smallest absolute Gasteiger partial charge is 0.444 e. The van der Waals surface area contributed by atoms with Gasteiger partial charge in [0, 0.05) is 33.9 Å². The summed E-state index contributed by atoms with van der Waals surface area (Å²) in [6, 6.07) is 0.652. The fourth-order valence-corrected chi connectivity index (χ4v) is 4.23. The fraction of sp³-hybridized carbons (Fsp3) is 1.00. The Morgan fingerprint density at radius 2 is 1.83 bits per heavy atom. The summed E-state index contributed by atoms with van der Waals surface area (Å²) in [6.07, 6.45) is 0.733. The molecule has 1 fully saturated rings. The summed E-state index contributed by atoms with van der Waals surface area (Å²) in [5, 5.41) is 2.97. The van der Waals surface area contributed by atoms with E-state index in [1.807, 2.05) is 0 Å². The van der Waals surface area contributed by atoms with Crippen molar-refractivity contribution in [1.82, 2.24) is 5.32 Å². The molecule has 18 heavy (non-hydrogen) atoms. The number of nitrogens with two attached hydrogens (primary N) is 1. The first kappa shape index (κ1) is 15.7. The van der Waals surface area contributed by atoms with Crippen LogP contribution >= 0.6 is 0 Å². The van der Waals surface area contributed by atoms with Gasteiger partial charge < -0.3 is 27.9 Å². The number of hydrogen-bond donors (Lipinski definition) is 2. The molecule has 1 saturated heterocycles. The van der Waals surface area contributed by atoms with Gasteiger partial charge >= 0.3 is 23.9 Å². The van der Waals surface area contributed by atoms with E-state index in [1.165, 1.54) is 0 Å².